The second-order valence-electron chi connectivity index (χ2n) is 6.03. The minimum atomic E-state index is -3.78. The number of pyridine rings is 1. The molecule has 0 spiro atoms. The van der Waals surface area contributed by atoms with Crippen molar-refractivity contribution in [1.82, 2.24) is 4.98 Å². The number of phenols is 1. The fourth-order valence-corrected chi connectivity index (χ4v) is 3.99. The van der Waals surface area contributed by atoms with Gasteiger partial charge in [-0.15, -0.1) is 0 Å². The molecule has 3 aromatic carbocycles. The topological polar surface area (TPSA) is 79.3 Å². The zero-order chi connectivity index (χ0) is 18.9. The Balaban J connectivity index is 1.68. The average Bonchev–Trinajstić information content (AvgIpc) is 2.71. The lowest BCUT2D eigenvalue weighted by atomic mass is 10.1. The molecule has 1 aromatic heterocycles. The zero-order valence-electron chi connectivity index (χ0n) is 14.2. The van der Waals surface area contributed by atoms with E-state index in [1.165, 1.54) is 12.1 Å². The number of nitrogens with one attached hydrogen (secondary N) is 1. The van der Waals surface area contributed by atoms with E-state index < -0.39 is 10.0 Å². The van der Waals surface area contributed by atoms with Crippen LogP contribution in [0.3, 0.4) is 0 Å². The minimum Gasteiger partial charge on any atom is -0.506 e. The van der Waals surface area contributed by atoms with Gasteiger partial charge in [-0.25, -0.2) is 8.42 Å². The molecule has 0 aliphatic rings. The maximum Gasteiger partial charge on any atom is 0.261 e. The van der Waals surface area contributed by atoms with Crippen LogP contribution in [0.25, 0.3) is 22.0 Å². The number of sulfonamides is 1. The van der Waals surface area contributed by atoms with Crippen molar-refractivity contribution in [3.63, 3.8) is 0 Å². The maximum absolute atomic E-state index is 12.8. The highest BCUT2D eigenvalue weighted by atomic mass is 32.2. The van der Waals surface area contributed by atoms with Crippen LogP contribution >= 0.6 is 0 Å². The van der Waals surface area contributed by atoms with Crippen molar-refractivity contribution in [2.24, 2.45) is 0 Å². The number of aromatic hydroxyl groups is 1. The third-order valence-electron chi connectivity index (χ3n) is 4.26. The van der Waals surface area contributed by atoms with Crippen LogP contribution in [0.4, 0.5) is 5.69 Å². The van der Waals surface area contributed by atoms with Crippen LogP contribution < -0.4 is 4.72 Å². The van der Waals surface area contributed by atoms with Gasteiger partial charge < -0.3 is 5.11 Å². The molecule has 0 radical (unpaired) electrons. The van der Waals surface area contributed by atoms with E-state index in [4.69, 9.17) is 0 Å². The third-order valence-corrected chi connectivity index (χ3v) is 5.65. The van der Waals surface area contributed by atoms with E-state index in [-0.39, 0.29) is 10.6 Å². The molecule has 134 valence electrons. The van der Waals surface area contributed by atoms with Gasteiger partial charge in [0.15, 0.2) is 0 Å². The van der Waals surface area contributed by atoms with E-state index in [0.717, 1.165) is 11.1 Å². The lowest BCUT2D eigenvalue weighted by Gasteiger charge is -2.12. The summed E-state index contributed by atoms with van der Waals surface area (Å²) in [5.41, 5.74) is 2.67. The van der Waals surface area contributed by atoms with Crippen molar-refractivity contribution in [2.75, 3.05) is 4.72 Å². The number of hydrogen-bond donors (Lipinski definition) is 2. The van der Waals surface area contributed by atoms with E-state index in [0.29, 0.717) is 16.6 Å². The molecule has 0 saturated heterocycles. The highest BCUT2D eigenvalue weighted by molar-refractivity contribution is 7.92. The van der Waals surface area contributed by atoms with Gasteiger partial charge in [-0.05, 0) is 47.5 Å². The summed E-state index contributed by atoms with van der Waals surface area (Å²) in [7, 11) is -3.78. The molecule has 5 nitrogen and oxygen atoms in total. The minimum absolute atomic E-state index is 0.000706. The maximum atomic E-state index is 12.8. The SMILES string of the molecule is O=S(=O)(Nc1ccc(O)c2ncccc12)c1ccc(-c2ccccc2)cc1. The first-order valence-electron chi connectivity index (χ1n) is 8.30. The molecule has 0 unspecified atom stereocenters. The Bertz CT molecular complexity index is 1210. The van der Waals surface area contributed by atoms with Gasteiger partial charge >= 0.3 is 0 Å². The molecule has 4 aromatic rings. The fourth-order valence-electron chi connectivity index (χ4n) is 2.91. The summed E-state index contributed by atoms with van der Waals surface area (Å²) in [4.78, 5) is 4.26. The highest BCUT2D eigenvalue weighted by Crippen LogP contribution is 2.30. The predicted molar refractivity (Wildman–Crippen MR) is 106 cm³/mol. The third kappa shape index (κ3) is 3.35. The van der Waals surface area contributed by atoms with E-state index in [2.05, 4.69) is 9.71 Å². The molecule has 0 saturated carbocycles. The van der Waals surface area contributed by atoms with Gasteiger partial charge in [0, 0.05) is 11.6 Å². The van der Waals surface area contributed by atoms with Crippen molar-refractivity contribution in [3.8, 4) is 16.9 Å². The number of phenolic OH excluding ortho intramolecular Hbond substituents is 1. The first-order valence-corrected chi connectivity index (χ1v) is 9.78. The number of anilines is 1. The van der Waals surface area contributed by atoms with Crippen molar-refractivity contribution in [3.05, 3.63) is 85.1 Å². The van der Waals surface area contributed by atoms with Crippen LogP contribution in [0.1, 0.15) is 0 Å². The van der Waals surface area contributed by atoms with Crippen molar-refractivity contribution in [1.29, 1.82) is 0 Å². The molecular weight excluding hydrogens is 360 g/mol. The van der Waals surface area contributed by atoms with Crippen LogP contribution in [-0.4, -0.2) is 18.5 Å². The van der Waals surface area contributed by atoms with Crippen LogP contribution in [-0.2, 0) is 10.0 Å². The second kappa shape index (κ2) is 6.74. The standard InChI is InChI=1S/C21H16N2O3S/c24-20-13-12-19(18-7-4-14-22-21(18)20)23-27(25,26)17-10-8-16(9-11-17)15-5-2-1-3-6-15/h1-14,23-24H. The summed E-state index contributed by atoms with van der Waals surface area (Å²) in [5.74, 6) is 0.000706. The quantitative estimate of drug-likeness (QED) is 0.517. The van der Waals surface area contributed by atoms with Crippen molar-refractivity contribution < 1.29 is 13.5 Å². The predicted octanol–water partition coefficient (Wildman–Crippen LogP) is 4.41. The molecule has 2 N–H and O–H groups in total. The molecule has 27 heavy (non-hydrogen) atoms. The molecular formula is C21H16N2O3S. The Morgan fingerprint density at radius 2 is 1.48 bits per heavy atom. The summed E-state index contributed by atoms with van der Waals surface area (Å²) in [6.07, 6.45) is 1.54. The molecule has 1 heterocycles. The van der Waals surface area contributed by atoms with Gasteiger partial charge in [0.05, 0.1) is 10.6 Å². The highest BCUT2D eigenvalue weighted by Gasteiger charge is 2.16. The smallest absolute Gasteiger partial charge is 0.261 e. The lowest BCUT2D eigenvalue weighted by Crippen LogP contribution is -2.13. The Labute approximate surface area is 157 Å². The zero-order valence-corrected chi connectivity index (χ0v) is 15.0. The fraction of sp³-hybridized carbons (Fsp3) is 0. The summed E-state index contributed by atoms with van der Waals surface area (Å²) >= 11 is 0. The molecule has 0 aliphatic heterocycles. The van der Waals surface area contributed by atoms with Gasteiger partial charge in [-0.1, -0.05) is 42.5 Å². The second-order valence-corrected chi connectivity index (χ2v) is 7.71. The monoisotopic (exact) mass is 376 g/mol. The van der Waals surface area contributed by atoms with Crippen LogP contribution in [0.2, 0.25) is 0 Å². The molecule has 0 aliphatic carbocycles. The number of aromatic nitrogens is 1. The number of benzene rings is 3. The van der Waals surface area contributed by atoms with E-state index in [1.807, 2.05) is 30.3 Å². The Kier molecular flexibility index (Phi) is 4.25. The van der Waals surface area contributed by atoms with Crippen molar-refractivity contribution >= 4 is 26.6 Å². The van der Waals surface area contributed by atoms with Gasteiger partial charge in [-0.2, -0.15) is 0 Å². The largest absolute Gasteiger partial charge is 0.506 e. The number of hydrogen-bond acceptors (Lipinski definition) is 4. The first-order chi connectivity index (χ1) is 13.0. The van der Waals surface area contributed by atoms with Crippen molar-refractivity contribution in [2.45, 2.75) is 4.90 Å². The molecule has 6 heteroatoms. The molecule has 0 atom stereocenters. The average molecular weight is 376 g/mol. The molecule has 0 amide bonds. The summed E-state index contributed by atoms with van der Waals surface area (Å²) in [5, 5.41) is 10.4. The van der Waals surface area contributed by atoms with Gasteiger partial charge in [0.25, 0.3) is 10.0 Å². The molecule has 0 fully saturated rings. The number of fused-ring (bicyclic) bond motifs is 1. The van der Waals surface area contributed by atoms with E-state index >= 15 is 0 Å². The van der Waals surface area contributed by atoms with Crippen LogP contribution in [0.15, 0.2) is 90.0 Å². The Morgan fingerprint density at radius 1 is 0.778 bits per heavy atom. The number of nitrogens with zero attached hydrogens (tertiary/aromatic N) is 1. The van der Waals surface area contributed by atoms with Crippen LogP contribution in [0, 0.1) is 0 Å². The Hall–Kier alpha value is -3.38. The van der Waals surface area contributed by atoms with Gasteiger partial charge in [-0.3, -0.25) is 9.71 Å². The van der Waals surface area contributed by atoms with E-state index in [1.54, 1.807) is 42.6 Å². The first kappa shape index (κ1) is 17.1. The summed E-state index contributed by atoms with van der Waals surface area (Å²) in [6, 6.07) is 22.8. The van der Waals surface area contributed by atoms with Gasteiger partial charge in [0.2, 0.25) is 0 Å². The Morgan fingerprint density at radius 3 is 2.22 bits per heavy atom. The molecule has 4 rings (SSSR count). The van der Waals surface area contributed by atoms with E-state index in [9.17, 15) is 13.5 Å². The lowest BCUT2D eigenvalue weighted by molar-refractivity contribution is 0.480. The normalized spacial score (nSPS) is 11.4. The van der Waals surface area contributed by atoms with Gasteiger partial charge in [0.1, 0.15) is 11.3 Å². The summed E-state index contributed by atoms with van der Waals surface area (Å²) < 4.78 is 28.2. The number of rotatable bonds is 4. The molecule has 0 bridgehead atoms. The summed E-state index contributed by atoms with van der Waals surface area (Å²) in [6.45, 7) is 0. The van der Waals surface area contributed by atoms with Crippen LogP contribution in [0.5, 0.6) is 5.75 Å².